The number of hydrogen-bond acceptors (Lipinski definition) is 4. The third-order valence-electron chi connectivity index (χ3n) is 4.15. The number of anilines is 1. The number of para-hydroxylation sites is 2. The quantitative estimate of drug-likeness (QED) is 0.568. The monoisotopic (exact) mass is 380 g/mol. The highest BCUT2D eigenvalue weighted by Gasteiger charge is 2.17. The fourth-order valence-electron chi connectivity index (χ4n) is 2.81. The van der Waals surface area contributed by atoms with Crippen LogP contribution in [0.1, 0.15) is 23.0 Å². The summed E-state index contributed by atoms with van der Waals surface area (Å²) in [7, 11) is 1.93. The molecule has 0 spiro atoms. The molecule has 0 aliphatic carbocycles. The molecule has 5 heteroatoms. The van der Waals surface area contributed by atoms with Gasteiger partial charge in [-0.2, -0.15) is 0 Å². The van der Waals surface area contributed by atoms with E-state index in [1.807, 2.05) is 67.7 Å². The van der Waals surface area contributed by atoms with Crippen molar-refractivity contribution in [3.63, 3.8) is 0 Å². The van der Waals surface area contributed by atoms with Gasteiger partial charge < -0.3 is 15.4 Å². The molecule has 0 radical (unpaired) electrons. The average Bonchev–Trinajstić information content (AvgIpc) is 3.22. The molecule has 0 aliphatic heterocycles. The van der Waals surface area contributed by atoms with E-state index >= 15 is 0 Å². The Morgan fingerprint density at radius 1 is 1.04 bits per heavy atom. The van der Waals surface area contributed by atoms with Crippen molar-refractivity contribution in [2.45, 2.75) is 18.9 Å². The molecule has 0 saturated carbocycles. The number of rotatable bonds is 9. The molecule has 3 rings (SSSR count). The van der Waals surface area contributed by atoms with E-state index < -0.39 is 0 Å². The van der Waals surface area contributed by atoms with E-state index in [0.717, 1.165) is 18.5 Å². The standard InChI is InChI=1S/C22H24N2O2S/c1-23-14-13-20(21-12-7-15-27-21)26-19-11-6-5-10-18(19)24-22(25)16-17-8-3-2-4-9-17/h2-12,15,20,23H,13-14,16H2,1H3,(H,24,25). The van der Waals surface area contributed by atoms with Crippen LogP contribution in [-0.4, -0.2) is 19.5 Å². The van der Waals surface area contributed by atoms with Gasteiger partial charge >= 0.3 is 0 Å². The molecule has 0 aliphatic rings. The second kappa shape index (κ2) is 9.90. The van der Waals surface area contributed by atoms with Gasteiger partial charge in [0, 0.05) is 11.3 Å². The maximum atomic E-state index is 12.4. The zero-order chi connectivity index (χ0) is 18.9. The van der Waals surface area contributed by atoms with Crippen molar-refractivity contribution in [3.8, 4) is 5.75 Å². The number of carbonyl (C=O) groups excluding carboxylic acids is 1. The van der Waals surface area contributed by atoms with Gasteiger partial charge in [0.05, 0.1) is 12.1 Å². The molecular weight excluding hydrogens is 356 g/mol. The Hall–Kier alpha value is -2.63. The van der Waals surface area contributed by atoms with Crippen LogP contribution in [-0.2, 0) is 11.2 Å². The second-order valence-corrected chi connectivity index (χ2v) is 7.20. The summed E-state index contributed by atoms with van der Waals surface area (Å²) in [5.74, 6) is 0.633. The Balaban J connectivity index is 1.71. The number of hydrogen-bond donors (Lipinski definition) is 2. The SMILES string of the molecule is CNCCC(Oc1ccccc1NC(=O)Cc1ccccc1)c1cccs1. The first kappa shape index (κ1) is 19.1. The van der Waals surface area contributed by atoms with Crippen LogP contribution in [0.2, 0.25) is 0 Å². The molecule has 2 N–H and O–H groups in total. The molecule has 2 aromatic carbocycles. The van der Waals surface area contributed by atoms with Gasteiger partial charge in [0.1, 0.15) is 11.9 Å². The van der Waals surface area contributed by atoms with E-state index in [9.17, 15) is 4.79 Å². The molecule has 3 aromatic rings. The van der Waals surface area contributed by atoms with Crippen LogP contribution in [0.4, 0.5) is 5.69 Å². The summed E-state index contributed by atoms with van der Waals surface area (Å²) in [6.07, 6.45) is 1.14. The van der Waals surface area contributed by atoms with Crippen molar-refractivity contribution >= 4 is 22.9 Å². The summed E-state index contributed by atoms with van der Waals surface area (Å²) in [5.41, 5.74) is 1.68. The van der Waals surface area contributed by atoms with Gasteiger partial charge in [-0.3, -0.25) is 4.79 Å². The van der Waals surface area contributed by atoms with Crippen molar-refractivity contribution in [1.82, 2.24) is 5.32 Å². The van der Waals surface area contributed by atoms with E-state index in [2.05, 4.69) is 22.1 Å². The lowest BCUT2D eigenvalue weighted by Gasteiger charge is -2.20. The molecule has 1 atom stereocenters. The second-order valence-electron chi connectivity index (χ2n) is 6.22. The first-order valence-electron chi connectivity index (χ1n) is 9.03. The lowest BCUT2D eigenvalue weighted by molar-refractivity contribution is -0.115. The zero-order valence-corrected chi connectivity index (χ0v) is 16.2. The van der Waals surface area contributed by atoms with Gasteiger partial charge in [-0.15, -0.1) is 11.3 Å². The summed E-state index contributed by atoms with van der Waals surface area (Å²) < 4.78 is 6.30. The predicted octanol–water partition coefficient (Wildman–Crippen LogP) is 4.66. The van der Waals surface area contributed by atoms with Crippen LogP contribution in [0.5, 0.6) is 5.75 Å². The Kier molecular flexibility index (Phi) is 7.02. The van der Waals surface area contributed by atoms with Crippen molar-refractivity contribution in [1.29, 1.82) is 0 Å². The van der Waals surface area contributed by atoms with Crippen molar-refractivity contribution < 1.29 is 9.53 Å². The van der Waals surface area contributed by atoms with Crippen LogP contribution in [0.25, 0.3) is 0 Å². The largest absolute Gasteiger partial charge is 0.483 e. The minimum absolute atomic E-state index is 0.0513. The molecule has 1 heterocycles. The zero-order valence-electron chi connectivity index (χ0n) is 15.4. The first-order chi connectivity index (χ1) is 13.3. The summed E-state index contributed by atoms with van der Waals surface area (Å²) in [6, 6.07) is 21.4. The lowest BCUT2D eigenvalue weighted by Crippen LogP contribution is -2.18. The predicted molar refractivity (Wildman–Crippen MR) is 111 cm³/mol. The molecule has 140 valence electrons. The molecule has 4 nitrogen and oxygen atoms in total. The third-order valence-corrected chi connectivity index (χ3v) is 5.12. The van der Waals surface area contributed by atoms with Crippen LogP contribution in [0.15, 0.2) is 72.1 Å². The molecule has 0 fully saturated rings. The van der Waals surface area contributed by atoms with Gasteiger partial charge in [-0.1, -0.05) is 48.5 Å². The van der Waals surface area contributed by atoms with Gasteiger partial charge in [0.2, 0.25) is 5.91 Å². The minimum atomic E-state index is -0.0554. The third kappa shape index (κ3) is 5.67. The van der Waals surface area contributed by atoms with Crippen LogP contribution in [0.3, 0.4) is 0 Å². The Bertz CT molecular complexity index is 835. The van der Waals surface area contributed by atoms with Crippen LogP contribution >= 0.6 is 11.3 Å². The van der Waals surface area contributed by atoms with E-state index in [-0.39, 0.29) is 12.0 Å². The number of ether oxygens (including phenoxy) is 1. The number of benzene rings is 2. The number of nitrogens with one attached hydrogen (secondary N) is 2. The molecule has 27 heavy (non-hydrogen) atoms. The van der Waals surface area contributed by atoms with Crippen LogP contribution in [0, 0.1) is 0 Å². The maximum absolute atomic E-state index is 12.4. The summed E-state index contributed by atoms with van der Waals surface area (Å²) in [6.45, 7) is 0.852. The van der Waals surface area contributed by atoms with Gasteiger partial charge in [-0.05, 0) is 42.7 Å². The number of thiophene rings is 1. The maximum Gasteiger partial charge on any atom is 0.228 e. The van der Waals surface area contributed by atoms with Gasteiger partial charge in [0.15, 0.2) is 0 Å². The molecule has 1 amide bonds. The number of amides is 1. The smallest absolute Gasteiger partial charge is 0.228 e. The van der Waals surface area contributed by atoms with E-state index in [1.165, 1.54) is 4.88 Å². The normalized spacial score (nSPS) is 11.7. The highest BCUT2D eigenvalue weighted by Crippen LogP contribution is 2.32. The minimum Gasteiger partial charge on any atom is -0.483 e. The Labute approximate surface area is 164 Å². The van der Waals surface area contributed by atoms with E-state index in [0.29, 0.717) is 17.9 Å². The highest BCUT2D eigenvalue weighted by molar-refractivity contribution is 7.10. The molecule has 1 unspecified atom stereocenters. The fourth-order valence-corrected chi connectivity index (χ4v) is 3.60. The number of carbonyl (C=O) groups is 1. The van der Waals surface area contributed by atoms with Gasteiger partial charge in [0.25, 0.3) is 0 Å². The highest BCUT2D eigenvalue weighted by atomic mass is 32.1. The molecule has 0 bridgehead atoms. The van der Waals surface area contributed by atoms with Crippen molar-refractivity contribution in [3.05, 3.63) is 82.6 Å². The fraction of sp³-hybridized carbons (Fsp3) is 0.227. The van der Waals surface area contributed by atoms with Gasteiger partial charge in [-0.25, -0.2) is 0 Å². The van der Waals surface area contributed by atoms with Crippen molar-refractivity contribution in [2.24, 2.45) is 0 Å². The first-order valence-corrected chi connectivity index (χ1v) is 9.91. The van der Waals surface area contributed by atoms with E-state index in [1.54, 1.807) is 11.3 Å². The Morgan fingerprint density at radius 2 is 1.81 bits per heavy atom. The van der Waals surface area contributed by atoms with Crippen molar-refractivity contribution in [2.75, 3.05) is 18.9 Å². The van der Waals surface area contributed by atoms with Crippen LogP contribution < -0.4 is 15.4 Å². The molecule has 1 aromatic heterocycles. The average molecular weight is 381 g/mol. The summed E-state index contributed by atoms with van der Waals surface area (Å²) >= 11 is 1.68. The molecular formula is C22H24N2O2S. The molecule has 0 saturated heterocycles. The lowest BCUT2D eigenvalue weighted by atomic mass is 10.1. The Morgan fingerprint density at radius 3 is 2.56 bits per heavy atom. The topological polar surface area (TPSA) is 50.4 Å². The summed E-state index contributed by atoms with van der Waals surface area (Å²) in [5, 5.41) is 8.22. The van der Waals surface area contributed by atoms with E-state index in [4.69, 9.17) is 4.74 Å². The summed E-state index contributed by atoms with van der Waals surface area (Å²) in [4.78, 5) is 13.6.